The lowest BCUT2D eigenvalue weighted by atomic mass is 9.86. The molecule has 1 saturated heterocycles. The molecule has 4 atom stereocenters. The number of rotatable bonds is 10. The molecule has 0 amide bonds. The fraction of sp³-hybridized carbons (Fsp3) is 0.696. The number of carbonyl (C=O) groups is 1. The van der Waals surface area contributed by atoms with E-state index in [0.717, 1.165) is 51.4 Å². The Balaban J connectivity index is 1.33. The Morgan fingerprint density at radius 3 is 2.74 bits per heavy atom. The van der Waals surface area contributed by atoms with E-state index in [2.05, 4.69) is 24.3 Å². The summed E-state index contributed by atoms with van der Waals surface area (Å²) in [4.78, 5) is 10.7. The minimum absolute atomic E-state index is 0.284. The van der Waals surface area contributed by atoms with Crippen LogP contribution in [0.2, 0.25) is 0 Å². The molecule has 150 valence electrons. The van der Waals surface area contributed by atoms with Crippen molar-refractivity contribution in [2.24, 2.45) is 17.8 Å². The van der Waals surface area contributed by atoms with Gasteiger partial charge in [-0.2, -0.15) is 0 Å². The Morgan fingerprint density at radius 1 is 1.07 bits per heavy atom. The number of ether oxygens (including phenoxy) is 2. The Hall–Kier alpha value is -1.39. The van der Waals surface area contributed by atoms with E-state index < -0.39 is 5.97 Å². The van der Waals surface area contributed by atoms with Crippen LogP contribution in [0.15, 0.2) is 30.3 Å². The number of fused-ring (bicyclic) bond motifs is 1. The maximum atomic E-state index is 10.7. The van der Waals surface area contributed by atoms with Crippen molar-refractivity contribution in [3.8, 4) is 0 Å². The molecule has 27 heavy (non-hydrogen) atoms. The third kappa shape index (κ3) is 6.62. The predicted molar refractivity (Wildman–Crippen MR) is 106 cm³/mol. The summed E-state index contributed by atoms with van der Waals surface area (Å²) in [6, 6.07) is 10.5. The Morgan fingerprint density at radius 2 is 1.93 bits per heavy atom. The van der Waals surface area contributed by atoms with E-state index in [0.29, 0.717) is 17.9 Å². The number of carboxylic acid groups (broad SMARTS) is 1. The van der Waals surface area contributed by atoms with Crippen LogP contribution in [-0.4, -0.2) is 37.0 Å². The van der Waals surface area contributed by atoms with Crippen molar-refractivity contribution in [2.75, 3.05) is 19.8 Å². The molecule has 4 heteroatoms. The van der Waals surface area contributed by atoms with Gasteiger partial charge in [-0.1, -0.05) is 30.3 Å². The molecule has 0 bridgehead atoms. The van der Waals surface area contributed by atoms with Crippen LogP contribution in [-0.2, 0) is 20.7 Å². The van der Waals surface area contributed by atoms with Crippen LogP contribution in [0.25, 0.3) is 0 Å². The van der Waals surface area contributed by atoms with Gasteiger partial charge in [0.2, 0.25) is 0 Å². The van der Waals surface area contributed by atoms with Crippen LogP contribution in [0.3, 0.4) is 0 Å². The lowest BCUT2D eigenvalue weighted by Crippen LogP contribution is -2.21. The van der Waals surface area contributed by atoms with Gasteiger partial charge in [-0.25, -0.2) is 0 Å². The second kappa shape index (κ2) is 10.8. The van der Waals surface area contributed by atoms with Crippen molar-refractivity contribution in [1.82, 2.24) is 0 Å². The van der Waals surface area contributed by atoms with Gasteiger partial charge in [0, 0.05) is 19.6 Å². The quantitative estimate of drug-likeness (QED) is 0.603. The summed E-state index contributed by atoms with van der Waals surface area (Å²) >= 11 is 0. The summed E-state index contributed by atoms with van der Waals surface area (Å²) in [5.41, 5.74) is 1.34. The van der Waals surface area contributed by atoms with Crippen LogP contribution >= 0.6 is 0 Å². The predicted octanol–water partition coefficient (Wildman–Crippen LogP) is 4.71. The highest BCUT2D eigenvalue weighted by molar-refractivity contribution is 5.66. The van der Waals surface area contributed by atoms with Crippen molar-refractivity contribution in [2.45, 2.75) is 63.9 Å². The number of benzene rings is 1. The van der Waals surface area contributed by atoms with Gasteiger partial charge >= 0.3 is 5.97 Å². The first kappa shape index (κ1) is 20.3. The first-order valence-corrected chi connectivity index (χ1v) is 10.7. The van der Waals surface area contributed by atoms with Crippen molar-refractivity contribution in [3.05, 3.63) is 35.9 Å². The molecule has 1 aromatic carbocycles. The fourth-order valence-electron chi connectivity index (χ4n) is 4.81. The molecule has 0 radical (unpaired) electrons. The topological polar surface area (TPSA) is 55.8 Å². The van der Waals surface area contributed by atoms with E-state index in [1.165, 1.54) is 31.2 Å². The highest BCUT2D eigenvalue weighted by Crippen LogP contribution is 2.42. The SMILES string of the molecule is O=C(O)CCC[C@H]1CC[C@@H]2[C@@H](CCOCCc3ccccc3)CC[C@@H]2OC1. The first-order valence-electron chi connectivity index (χ1n) is 10.7. The second-order valence-corrected chi connectivity index (χ2v) is 8.24. The average molecular weight is 375 g/mol. The minimum Gasteiger partial charge on any atom is -0.481 e. The molecule has 4 nitrogen and oxygen atoms in total. The van der Waals surface area contributed by atoms with Crippen LogP contribution in [0, 0.1) is 17.8 Å². The van der Waals surface area contributed by atoms with Crippen LogP contribution in [0.5, 0.6) is 0 Å². The van der Waals surface area contributed by atoms with Crippen molar-refractivity contribution >= 4 is 5.97 Å². The molecule has 1 saturated carbocycles. The van der Waals surface area contributed by atoms with Crippen LogP contribution < -0.4 is 0 Å². The Kier molecular flexibility index (Phi) is 8.15. The zero-order valence-corrected chi connectivity index (χ0v) is 16.4. The molecular formula is C23H34O4. The monoisotopic (exact) mass is 374 g/mol. The fourth-order valence-corrected chi connectivity index (χ4v) is 4.81. The normalized spacial score (nSPS) is 27.9. The lowest BCUT2D eigenvalue weighted by Gasteiger charge is -2.22. The smallest absolute Gasteiger partial charge is 0.303 e. The molecule has 3 rings (SSSR count). The van der Waals surface area contributed by atoms with E-state index in [4.69, 9.17) is 14.6 Å². The molecule has 0 unspecified atom stereocenters. The highest BCUT2D eigenvalue weighted by Gasteiger charge is 2.38. The zero-order valence-electron chi connectivity index (χ0n) is 16.4. The van der Waals surface area contributed by atoms with E-state index >= 15 is 0 Å². The maximum Gasteiger partial charge on any atom is 0.303 e. The van der Waals surface area contributed by atoms with E-state index in [9.17, 15) is 4.79 Å². The van der Waals surface area contributed by atoms with Crippen LogP contribution in [0.1, 0.15) is 56.9 Å². The van der Waals surface area contributed by atoms with Crippen LogP contribution in [0.4, 0.5) is 0 Å². The average Bonchev–Trinajstić information content (AvgIpc) is 2.94. The molecule has 2 aliphatic rings. The minimum atomic E-state index is -0.686. The summed E-state index contributed by atoms with van der Waals surface area (Å²) in [6.07, 6.45) is 9.46. The summed E-state index contributed by atoms with van der Waals surface area (Å²) in [7, 11) is 0. The highest BCUT2D eigenvalue weighted by atomic mass is 16.5. The van der Waals surface area contributed by atoms with E-state index in [1.807, 2.05) is 6.07 Å². The van der Waals surface area contributed by atoms with E-state index in [1.54, 1.807) is 0 Å². The summed E-state index contributed by atoms with van der Waals surface area (Å²) < 4.78 is 12.1. The number of carboxylic acids is 1. The molecular weight excluding hydrogens is 340 g/mol. The van der Waals surface area contributed by atoms with Gasteiger partial charge in [0.25, 0.3) is 0 Å². The number of aliphatic carboxylic acids is 1. The Bertz CT molecular complexity index is 559. The number of hydrogen-bond donors (Lipinski definition) is 1. The Labute approximate surface area is 163 Å². The molecule has 1 aromatic rings. The van der Waals surface area contributed by atoms with Crippen molar-refractivity contribution in [1.29, 1.82) is 0 Å². The van der Waals surface area contributed by atoms with Gasteiger partial charge in [0.1, 0.15) is 0 Å². The molecule has 1 aliphatic carbocycles. The van der Waals surface area contributed by atoms with Crippen molar-refractivity contribution < 1.29 is 19.4 Å². The molecule has 0 spiro atoms. The maximum absolute atomic E-state index is 10.7. The van der Waals surface area contributed by atoms with Gasteiger partial charge in [0.05, 0.1) is 12.7 Å². The summed E-state index contributed by atoms with van der Waals surface area (Å²) in [5.74, 6) is 1.25. The van der Waals surface area contributed by atoms with Gasteiger partial charge in [-0.15, -0.1) is 0 Å². The lowest BCUT2D eigenvalue weighted by molar-refractivity contribution is -0.137. The van der Waals surface area contributed by atoms with Gasteiger partial charge in [0.15, 0.2) is 0 Å². The third-order valence-corrected chi connectivity index (χ3v) is 6.37. The third-order valence-electron chi connectivity index (χ3n) is 6.37. The summed E-state index contributed by atoms with van der Waals surface area (Å²) in [6.45, 7) is 2.47. The largest absolute Gasteiger partial charge is 0.481 e. The molecule has 1 aliphatic heterocycles. The second-order valence-electron chi connectivity index (χ2n) is 8.24. The standard InChI is InChI=1S/C23H34O4/c24-23(25)8-4-7-19-9-11-21-20(10-12-22(21)27-17-19)14-16-26-15-13-18-5-2-1-3-6-18/h1-3,5-6,19-22H,4,7-17H2,(H,24,25)/t19-,20+,21+,22-/m0/s1. The van der Waals surface area contributed by atoms with E-state index in [-0.39, 0.29) is 6.42 Å². The number of hydrogen-bond acceptors (Lipinski definition) is 3. The van der Waals surface area contributed by atoms with Gasteiger partial charge in [-0.3, -0.25) is 4.79 Å². The molecule has 0 aromatic heterocycles. The van der Waals surface area contributed by atoms with Gasteiger partial charge in [-0.05, 0) is 74.7 Å². The van der Waals surface area contributed by atoms with Crippen molar-refractivity contribution in [3.63, 3.8) is 0 Å². The first-order chi connectivity index (χ1) is 13.2. The summed E-state index contributed by atoms with van der Waals surface area (Å²) in [5, 5.41) is 8.81. The molecule has 2 fully saturated rings. The van der Waals surface area contributed by atoms with Gasteiger partial charge < -0.3 is 14.6 Å². The molecule has 1 N–H and O–H groups in total. The molecule has 1 heterocycles. The zero-order chi connectivity index (χ0) is 18.9.